The first-order valence-corrected chi connectivity index (χ1v) is 9.39. The summed E-state index contributed by atoms with van der Waals surface area (Å²) in [6.45, 7) is 3.57. The predicted molar refractivity (Wildman–Crippen MR) is 89.8 cm³/mol. The summed E-state index contributed by atoms with van der Waals surface area (Å²) in [5.41, 5.74) is 1.39. The van der Waals surface area contributed by atoms with Crippen LogP contribution in [0.4, 0.5) is 0 Å². The van der Waals surface area contributed by atoms with Crippen molar-refractivity contribution in [1.29, 1.82) is 0 Å². The Morgan fingerprint density at radius 3 is 2.52 bits per heavy atom. The maximum absolute atomic E-state index is 12.7. The van der Waals surface area contributed by atoms with Crippen LogP contribution in [0, 0.1) is 11.8 Å². The molecule has 0 N–H and O–H groups in total. The van der Waals surface area contributed by atoms with E-state index in [4.69, 9.17) is 0 Å². The SMILES string of the molecule is CC[C@@H]1c2ccsc2CCN1CN1C(=O)[C@H]2CC=CC[C@H]2C1=O. The maximum Gasteiger partial charge on any atom is 0.234 e. The molecule has 1 saturated heterocycles. The number of nitrogens with zero attached hydrogens (tertiary/aromatic N) is 2. The number of hydrogen-bond donors (Lipinski definition) is 0. The summed E-state index contributed by atoms with van der Waals surface area (Å²) in [6.07, 6.45) is 7.56. The van der Waals surface area contributed by atoms with E-state index in [1.165, 1.54) is 15.3 Å². The molecule has 3 aliphatic rings. The second-order valence-corrected chi connectivity index (χ2v) is 7.69. The Bertz CT molecular complexity index is 640. The molecular weight excluding hydrogens is 308 g/mol. The first-order valence-electron chi connectivity index (χ1n) is 8.51. The lowest BCUT2D eigenvalue weighted by atomic mass is 9.85. The van der Waals surface area contributed by atoms with Crippen molar-refractivity contribution in [3.8, 4) is 0 Å². The van der Waals surface area contributed by atoms with Crippen LogP contribution in [0.15, 0.2) is 23.6 Å². The van der Waals surface area contributed by atoms with Crippen molar-refractivity contribution in [1.82, 2.24) is 9.80 Å². The smallest absolute Gasteiger partial charge is 0.234 e. The van der Waals surface area contributed by atoms with Crippen LogP contribution in [-0.2, 0) is 16.0 Å². The standard InChI is InChI=1S/C18H22N2O2S/c1-2-15-14-8-10-23-16(14)7-9-19(15)11-20-17(21)12-5-3-4-6-13(12)18(20)22/h3-4,8,10,12-13,15H,2,5-7,9,11H2,1H3/t12-,13+,15-/m1/s1. The van der Waals surface area contributed by atoms with Gasteiger partial charge in [-0.2, -0.15) is 0 Å². The van der Waals surface area contributed by atoms with Crippen molar-refractivity contribution >= 4 is 23.2 Å². The van der Waals surface area contributed by atoms with Crippen LogP contribution < -0.4 is 0 Å². The minimum Gasteiger partial charge on any atom is -0.278 e. The predicted octanol–water partition coefficient (Wildman–Crippen LogP) is 2.97. The van der Waals surface area contributed by atoms with Gasteiger partial charge in [-0.05, 0) is 42.7 Å². The zero-order chi connectivity index (χ0) is 16.0. The number of carbonyl (C=O) groups excluding carboxylic acids is 2. The molecule has 0 spiro atoms. The van der Waals surface area contributed by atoms with Crippen LogP contribution in [0.25, 0.3) is 0 Å². The molecule has 0 aromatic carbocycles. The third-order valence-corrected chi connectivity index (χ3v) is 6.51. The van der Waals surface area contributed by atoms with Crippen molar-refractivity contribution in [3.05, 3.63) is 34.0 Å². The molecule has 5 heteroatoms. The molecule has 0 radical (unpaired) electrons. The molecule has 23 heavy (non-hydrogen) atoms. The van der Waals surface area contributed by atoms with Crippen LogP contribution >= 0.6 is 11.3 Å². The molecule has 2 aliphatic heterocycles. The van der Waals surface area contributed by atoms with Gasteiger partial charge in [0.15, 0.2) is 0 Å². The zero-order valence-corrected chi connectivity index (χ0v) is 14.2. The van der Waals surface area contributed by atoms with Crippen molar-refractivity contribution in [2.75, 3.05) is 13.2 Å². The van der Waals surface area contributed by atoms with Gasteiger partial charge in [-0.1, -0.05) is 19.1 Å². The minimum atomic E-state index is -0.117. The van der Waals surface area contributed by atoms with Gasteiger partial charge < -0.3 is 0 Å². The zero-order valence-electron chi connectivity index (χ0n) is 13.4. The van der Waals surface area contributed by atoms with Crippen molar-refractivity contribution in [2.45, 2.75) is 38.6 Å². The molecular formula is C18H22N2O2S. The summed E-state index contributed by atoms with van der Waals surface area (Å²) in [5.74, 6) is -0.159. The van der Waals surface area contributed by atoms with Crippen LogP contribution in [-0.4, -0.2) is 34.8 Å². The Hall–Kier alpha value is -1.46. The summed E-state index contributed by atoms with van der Waals surface area (Å²) in [5, 5.41) is 2.16. The van der Waals surface area contributed by atoms with Crippen molar-refractivity contribution < 1.29 is 9.59 Å². The Morgan fingerprint density at radius 2 is 1.87 bits per heavy atom. The number of likely N-dealkylation sites (tertiary alicyclic amines) is 1. The van der Waals surface area contributed by atoms with Gasteiger partial charge >= 0.3 is 0 Å². The minimum absolute atomic E-state index is 0.0373. The molecule has 4 rings (SSSR count). The summed E-state index contributed by atoms with van der Waals surface area (Å²) < 4.78 is 0. The Kier molecular flexibility index (Phi) is 3.85. The third kappa shape index (κ3) is 2.37. The summed E-state index contributed by atoms with van der Waals surface area (Å²) in [7, 11) is 0. The molecule has 1 aliphatic carbocycles. The number of hydrogen-bond acceptors (Lipinski definition) is 4. The van der Waals surface area contributed by atoms with E-state index in [0.717, 1.165) is 32.2 Å². The number of imide groups is 1. The fourth-order valence-electron chi connectivity index (χ4n) is 4.29. The van der Waals surface area contributed by atoms with E-state index < -0.39 is 0 Å². The van der Waals surface area contributed by atoms with E-state index in [1.807, 2.05) is 23.5 Å². The Morgan fingerprint density at radius 1 is 1.17 bits per heavy atom. The van der Waals surface area contributed by atoms with E-state index >= 15 is 0 Å². The lowest BCUT2D eigenvalue weighted by Gasteiger charge is -2.37. The van der Waals surface area contributed by atoms with Gasteiger partial charge in [0.1, 0.15) is 0 Å². The van der Waals surface area contributed by atoms with E-state index in [0.29, 0.717) is 12.7 Å². The average Bonchev–Trinajstić information content (AvgIpc) is 3.14. The summed E-state index contributed by atoms with van der Waals surface area (Å²) >= 11 is 1.82. The third-order valence-electron chi connectivity index (χ3n) is 5.51. The first kappa shape index (κ1) is 15.1. The van der Waals surface area contributed by atoms with Gasteiger partial charge in [-0.25, -0.2) is 0 Å². The fourth-order valence-corrected chi connectivity index (χ4v) is 5.21. The number of fused-ring (bicyclic) bond motifs is 2. The molecule has 3 heterocycles. The molecule has 0 unspecified atom stereocenters. The van der Waals surface area contributed by atoms with Gasteiger partial charge in [0, 0.05) is 17.5 Å². The monoisotopic (exact) mass is 330 g/mol. The molecule has 1 aromatic rings. The molecule has 0 bridgehead atoms. The summed E-state index contributed by atoms with van der Waals surface area (Å²) in [4.78, 5) is 30.6. The van der Waals surface area contributed by atoms with E-state index in [2.05, 4.69) is 23.3 Å². The normalized spacial score (nSPS) is 30.7. The Labute approximate surface area is 140 Å². The van der Waals surface area contributed by atoms with Gasteiger partial charge in [0.05, 0.1) is 18.5 Å². The quantitative estimate of drug-likeness (QED) is 0.632. The highest BCUT2D eigenvalue weighted by Crippen LogP contribution is 2.38. The summed E-state index contributed by atoms with van der Waals surface area (Å²) in [6, 6.07) is 2.53. The van der Waals surface area contributed by atoms with Crippen LogP contribution in [0.1, 0.15) is 42.7 Å². The van der Waals surface area contributed by atoms with E-state index in [9.17, 15) is 9.59 Å². The highest BCUT2D eigenvalue weighted by atomic mass is 32.1. The Balaban J connectivity index is 1.54. The van der Waals surface area contributed by atoms with Crippen molar-refractivity contribution in [3.63, 3.8) is 0 Å². The van der Waals surface area contributed by atoms with E-state index in [1.54, 1.807) is 0 Å². The number of carbonyl (C=O) groups is 2. The van der Waals surface area contributed by atoms with Crippen molar-refractivity contribution in [2.24, 2.45) is 11.8 Å². The fraction of sp³-hybridized carbons (Fsp3) is 0.556. The number of rotatable bonds is 3. The number of thiophene rings is 1. The molecule has 0 saturated carbocycles. The molecule has 1 aromatic heterocycles. The molecule has 2 amide bonds. The highest BCUT2D eigenvalue weighted by molar-refractivity contribution is 7.10. The maximum atomic E-state index is 12.7. The van der Waals surface area contributed by atoms with Crippen LogP contribution in [0.5, 0.6) is 0 Å². The lowest BCUT2D eigenvalue weighted by Crippen LogP contribution is -2.45. The molecule has 122 valence electrons. The second-order valence-electron chi connectivity index (χ2n) is 6.69. The number of allylic oxidation sites excluding steroid dienone is 2. The van der Waals surface area contributed by atoms with E-state index in [-0.39, 0.29) is 23.7 Å². The van der Waals surface area contributed by atoms with Crippen LogP contribution in [0.2, 0.25) is 0 Å². The second kappa shape index (κ2) is 5.87. The highest BCUT2D eigenvalue weighted by Gasteiger charge is 2.48. The largest absolute Gasteiger partial charge is 0.278 e. The van der Waals surface area contributed by atoms with Crippen LogP contribution in [0.3, 0.4) is 0 Å². The molecule has 1 fully saturated rings. The number of amides is 2. The average molecular weight is 330 g/mol. The molecule has 4 nitrogen and oxygen atoms in total. The first-order chi connectivity index (χ1) is 11.2. The topological polar surface area (TPSA) is 40.6 Å². The lowest BCUT2D eigenvalue weighted by molar-refractivity contribution is -0.143. The van der Waals surface area contributed by atoms with Gasteiger partial charge in [-0.3, -0.25) is 19.4 Å². The van der Waals surface area contributed by atoms with Gasteiger partial charge in [0.25, 0.3) is 0 Å². The van der Waals surface area contributed by atoms with Gasteiger partial charge in [-0.15, -0.1) is 11.3 Å². The van der Waals surface area contributed by atoms with Gasteiger partial charge in [0.2, 0.25) is 11.8 Å². The molecule has 3 atom stereocenters.